The van der Waals surface area contributed by atoms with E-state index >= 15 is 0 Å². The number of Topliss-reactive ketones (excluding diaryl/α,β-unsaturated/α-hetero) is 1. The standard InChI is InChI=1S/C20H22N2O3S/c1-12-6-8-16(9-7-12)22-14(3)20(15(4)23)17-11-18(21-26(5,24)25)13(2)10-19(17)22/h6-11,21H,1-5H3. The van der Waals surface area contributed by atoms with Gasteiger partial charge in [0.25, 0.3) is 0 Å². The van der Waals surface area contributed by atoms with Crippen LogP contribution >= 0.6 is 0 Å². The Labute approximate surface area is 153 Å². The molecule has 0 spiro atoms. The number of anilines is 1. The normalized spacial score (nSPS) is 11.7. The molecule has 26 heavy (non-hydrogen) atoms. The van der Waals surface area contributed by atoms with Crippen LogP contribution in [0.15, 0.2) is 36.4 Å². The Morgan fingerprint density at radius 3 is 2.19 bits per heavy atom. The lowest BCUT2D eigenvalue weighted by atomic mass is 10.1. The van der Waals surface area contributed by atoms with Crippen molar-refractivity contribution in [2.45, 2.75) is 27.7 Å². The number of fused-ring (bicyclic) bond motifs is 1. The molecular formula is C20H22N2O3S. The average molecular weight is 370 g/mol. The third kappa shape index (κ3) is 3.24. The molecule has 0 aliphatic rings. The summed E-state index contributed by atoms with van der Waals surface area (Å²) in [7, 11) is -3.40. The third-order valence-corrected chi connectivity index (χ3v) is 5.08. The highest BCUT2D eigenvalue weighted by atomic mass is 32.2. The van der Waals surface area contributed by atoms with Crippen LogP contribution in [0.5, 0.6) is 0 Å². The minimum Gasteiger partial charge on any atom is -0.313 e. The predicted molar refractivity (Wildman–Crippen MR) is 106 cm³/mol. The van der Waals surface area contributed by atoms with Gasteiger partial charge in [-0.05, 0) is 57.5 Å². The fraction of sp³-hybridized carbons (Fsp3) is 0.250. The van der Waals surface area contributed by atoms with E-state index in [9.17, 15) is 13.2 Å². The molecule has 0 saturated heterocycles. The number of nitrogens with zero attached hydrogens (tertiary/aromatic N) is 1. The van der Waals surface area contributed by atoms with Gasteiger partial charge in [0, 0.05) is 22.3 Å². The van der Waals surface area contributed by atoms with Crippen molar-refractivity contribution in [3.63, 3.8) is 0 Å². The van der Waals surface area contributed by atoms with Crippen molar-refractivity contribution >= 4 is 32.4 Å². The maximum absolute atomic E-state index is 12.3. The number of aryl methyl sites for hydroxylation is 2. The van der Waals surface area contributed by atoms with Gasteiger partial charge in [0.05, 0.1) is 17.5 Å². The van der Waals surface area contributed by atoms with E-state index in [0.717, 1.165) is 39.7 Å². The van der Waals surface area contributed by atoms with E-state index in [-0.39, 0.29) is 5.78 Å². The van der Waals surface area contributed by atoms with Crippen molar-refractivity contribution < 1.29 is 13.2 Å². The summed E-state index contributed by atoms with van der Waals surface area (Å²) in [5.74, 6) is -0.0486. The summed E-state index contributed by atoms with van der Waals surface area (Å²) < 4.78 is 27.9. The average Bonchev–Trinajstić information content (AvgIpc) is 2.78. The van der Waals surface area contributed by atoms with E-state index in [4.69, 9.17) is 0 Å². The number of hydrogen-bond acceptors (Lipinski definition) is 3. The molecule has 0 bridgehead atoms. The van der Waals surface area contributed by atoms with Crippen LogP contribution in [0.3, 0.4) is 0 Å². The smallest absolute Gasteiger partial charge is 0.229 e. The fourth-order valence-electron chi connectivity index (χ4n) is 3.35. The van der Waals surface area contributed by atoms with Gasteiger partial charge in [-0.2, -0.15) is 0 Å². The van der Waals surface area contributed by atoms with Crippen LogP contribution in [-0.2, 0) is 10.0 Å². The molecule has 0 radical (unpaired) electrons. The molecule has 136 valence electrons. The zero-order valence-electron chi connectivity index (χ0n) is 15.5. The molecule has 0 saturated carbocycles. The molecule has 0 aliphatic carbocycles. The number of sulfonamides is 1. The number of carbonyl (C=O) groups excluding carboxylic acids is 1. The largest absolute Gasteiger partial charge is 0.313 e. The Balaban J connectivity index is 2.36. The molecule has 1 aromatic heterocycles. The van der Waals surface area contributed by atoms with Gasteiger partial charge in [-0.1, -0.05) is 17.7 Å². The van der Waals surface area contributed by atoms with Crippen molar-refractivity contribution in [1.29, 1.82) is 0 Å². The van der Waals surface area contributed by atoms with Crippen molar-refractivity contribution in [3.05, 3.63) is 58.8 Å². The second kappa shape index (κ2) is 6.29. The second-order valence-corrected chi connectivity index (χ2v) is 8.49. The highest BCUT2D eigenvalue weighted by Gasteiger charge is 2.20. The van der Waals surface area contributed by atoms with Gasteiger partial charge in [0.15, 0.2) is 5.78 Å². The molecule has 0 aliphatic heterocycles. The van der Waals surface area contributed by atoms with E-state index in [2.05, 4.69) is 4.72 Å². The van der Waals surface area contributed by atoms with Crippen LogP contribution in [0.2, 0.25) is 0 Å². The molecule has 0 atom stereocenters. The minimum atomic E-state index is -3.40. The van der Waals surface area contributed by atoms with Gasteiger partial charge in [0.1, 0.15) is 0 Å². The van der Waals surface area contributed by atoms with Gasteiger partial charge < -0.3 is 4.57 Å². The highest BCUT2D eigenvalue weighted by molar-refractivity contribution is 7.92. The summed E-state index contributed by atoms with van der Waals surface area (Å²) >= 11 is 0. The Morgan fingerprint density at radius 1 is 1.04 bits per heavy atom. The van der Waals surface area contributed by atoms with E-state index in [1.54, 1.807) is 6.07 Å². The van der Waals surface area contributed by atoms with Crippen molar-refractivity contribution in [2.24, 2.45) is 0 Å². The summed E-state index contributed by atoms with van der Waals surface area (Å²) in [4.78, 5) is 12.3. The highest BCUT2D eigenvalue weighted by Crippen LogP contribution is 2.33. The summed E-state index contributed by atoms with van der Waals surface area (Å²) in [6.45, 7) is 7.32. The molecule has 1 heterocycles. The SMILES string of the molecule is CC(=O)c1c(C)n(-c2ccc(C)cc2)c2cc(C)c(NS(C)(=O)=O)cc12. The lowest BCUT2D eigenvalue weighted by Crippen LogP contribution is -2.10. The van der Waals surface area contributed by atoms with Gasteiger partial charge >= 0.3 is 0 Å². The first-order valence-electron chi connectivity index (χ1n) is 8.30. The molecule has 6 heteroatoms. The minimum absolute atomic E-state index is 0.0486. The zero-order valence-corrected chi connectivity index (χ0v) is 16.4. The van der Waals surface area contributed by atoms with Gasteiger partial charge in [-0.3, -0.25) is 9.52 Å². The maximum atomic E-state index is 12.3. The number of rotatable bonds is 4. The van der Waals surface area contributed by atoms with Crippen molar-refractivity contribution in [1.82, 2.24) is 4.57 Å². The summed E-state index contributed by atoms with van der Waals surface area (Å²) in [5.41, 5.74) is 5.74. The number of nitrogens with one attached hydrogen (secondary N) is 1. The predicted octanol–water partition coefficient (Wildman–Crippen LogP) is 4.13. The number of carbonyl (C=O) groups is 1. The van der Waals surface area contributed by atoms with Gasteiger partial charge in [0.2, 0.25) is 10.0 Å². The number of ketones is 1. The lowest BCUT2D eigenvalue weighted by molar-refractivity contribution is 0.101. The van der Waals surface area contributed by atoms with Crippen LogP contribution < -0.4 is 4.72 Å². The number of benzene rings is 2. The number of aromatic nitrogens is 1. The van der Waals surface area contributed by atoms with Crippen LogP contribution in [-0.4, -0.2) is 25.0 Å². The zero-order chi connectivity index (χ0) is 19.2. The Bertz CT molecular complexity index is 1120. The summed E-state index contributed by atoms with van der Waals surface area (Å²) in [5, 5.41) is 0.743. The molecule has 0 fully saturated rings. The van der Waals surface area contributed by atoms with Gasteiger partial charge in [-0.15, -0.1) is 0 Å². The van der Waals surface area contributed by atoms with Crippen LogP contribution in [0, 0.1) is 20.8 Å². The van der Waals surface area contributed by atoms with Crippen LogP contribution in [0.25, 0.3) is 16.6 Å². The molecule has 5 nitrogen and oxygen atoms in total. The molecular weight excluding hydrogens is 348 g/mol. The maximum Gasteiger partial charge on any atom is 0.229 e. The molecule has 2 aromatic carbocycles. The molecule has 1 N–H and O–H groups in total. The molecule has 3 aromatic rings. The van der Waals surface area contributed by atoms with Crippen LogP contribution in [0.4, 0.5) is 5.69 Å². The first-order valence-corrected chi connectivity index (χ1v) is 10.2. The van der Waals surface area contributed by atoms with E-state index in [1.807, 2.05) is 55.7 Å². The third-order valence-electron chi connectivity index (χ3n) is 4.49. The summed E-state index contributed by atoms with van der Waals surface area (Å²) in [6.07, 6.45) is 1.12. The Kier molecular flexibility index (Phi) is 4.40. The molecule has 3 rings (SSSR count). The van der Waals surface area contributed by atoms with Crippen molar-refractivity contribution in [2.75, 3.05) is 11.0 Å². The van der Waals surface area contributed by atoms with Crippen molar-refractivity contribution in [3.8, 4) is 5.69 Å². The quantitative estimate of drug-likeness (QED) is 0.702. The molecule has 0 amide bonds. The van der Waals surface area contributed by atoms with E-state index < -0.39 is 10.0 Å². The second-order valence-electron chi connectivity index (χ2n) is 6.75. The first kappa shape index (κ1) is 18.2. The Hall–Kier alpha value is -2.60. The first-order chi connectivity index (χ1) is 12.1. The van der Waals surface area contributed by atoms with Gasteiger partial charge in [-0.25, -0.2) is 8.42 Å². The van der Waals surface area contributed by atoms with E-state index in [1.165, 1.54) is 6.92 Å². The monoisotopic (exact) mass is 370 g/mol. The fourth-order valence-corrected chi connectivity index (χ4v) is 3.97. The topological polar surface area (TPSA) is 68.2 Å². The molecule has 0 unspecified atom stereocenters. The summed E-state index contributed by atoms with van der Waals surface area (Å²) in [6, 6.07) is 11.8. The van der Waals surface area contributed by atoms with E-state index in [0.29, 0.717) is 11.3 Å². The lowest BCUT2D eigenvalue weighted by Gasteiger charge is -2.11. The Morgan fingerprint density at radius 2 is 1.65 bits per heavy atom. The van der Waals surface area contributed by atoms with Crippen LogP contribution in [0.1, 0.15) is 34.1 Å². The number of hydrogen-bond donors (Lipinski definition) is 1.